The fourth-order valence-corrected chi connectivity index (χ4v) is 5.46. The third-order valence-electron chi connectivity index (χ3n) is 7.36. The van der Waals surface area contributed by atoms with Crippen LogP contribution in [0.2, 0.25) is 0 Å². The van der Waals surface area contributed by atoms with Crippen LogP contribution in [0, 0.1) is 0 Å². The van der Waals surface area contributed by atoms with E-state index >= 15 is 0 Å². The monoisotopic (exact) mass is 635 g/mol. The molecule has 1 atom stereocenters. The SMILES string of the molecule is CC.CF.CF.COc1ncccc1Nc1cc2nc3ccccc3n(C3=CC(OCF)C=CC=C3)c-2cc1=NC1CCCCC1. The van der Waals surface area contributed by atoms with E-state index in [2.05, 4.69) is 20.9 Å². The third-order valence-corrected chi connectivity index (χ3v) is 7.36. The Morgan fingerprint density at radius 2 is 1.72 bits per heavy atom. The van der Waals surface area contributed by atoms with Gasteiger partial charge in [-0.2, -0.15) is 0 Å². The molecule has 0 amide bonds. The lowest BCUT2D eigenvalue weighted by molar-refractivity contribution is 0.0428. The molecule has 1 fully saturated rings. The van der Waals surface area contributed by atoms with Crippen molar-refractivity contribution in [3.05, 3.63) is 90.5 Å². The summed E-state index contributed by atoms with van der Waals surface area (Å²) in [5.74, 6) is 0.507. The summed E-state index contributed by atoms with van der Waals surface area (Å²) in [4.78, 5) is 14.7. The number of nitrogens with one attached hydrogen (secondary N) is 1. The Hall–Kier alpha value is -4.44. The van der Waals surface area contributed by atoms with Gasteiger partial charge in [0, 0.05) is 11.9 Å². The minimum atomic E-state index is -0.863. The molecule has 2 heterocycles. The Labute approximate surface area is 269 Å². The summed E-state index contributed by atoms with van der Waals surface area (Å²) in [5, 5.41) is 4.37. The highest BCUT2D eigenvalue weighted by molar-refractivity contribution is 5.87. The number of benzene rings is 2. The van der Waals surface area contributed by atoms with Crippen molar-refractivity contribution in [2.45, 2.75) is 58.1 Å². The topological polar surface area (TPSA) is 73.6 Å². The maximum absolute atomic E-state index is 13.1. The zero-order valence-electron chi connectivity index (χ0n) is 27.2. The average Bonchev–Trinajstić information content (AvgIpc) is 3.36. The van der Waals surface area contributed by atoms with Crippen LogP contribution < -0.4 is 15.4 Å². The van der Waals surface area contributed by atoms with Crippen molar-refractivity contribution in [2.24, 2.45) is 4.99 Å². The minimum Gasteiger partial charge on any atom is -0.480 e. The second kappa shape index (κ2) is 19.2. The molecule has 0 bridgehead atoms. The molecular weight excluding hydrogens is 591 g/mol. The minimum absolute atomic E-state index is 0.257. The van der Waals surface area contributed by atoms with Gasteiger partial charge >= 0.3 is 0 Å². The van der Waals surface area contributed by atoms with Gasteiger partial charge in [-0.15, -0.1) is 0 Å². The summed E-state index contributed by atoms with van der Waals surface area (Å²) >= 11 is 0. The number of anilines is 2. The lowest BCUT2D eigenvalue weighted by Crippen LogP contribution is -2.20. The molecule has 3 aliphatic carbocycles. The number of halogens is 3. The van der Waals surface area contributed by atoms with Crippen molar-refractivity contribution in [1.29, 1.82) is 0 Å². The maximum Gasteiger partial charge on any atom is 0.237 e. The summed E-state index contributed by atoms with van der Waals surface area (Å²) in [6.07, 6.45) is 16.6. The summed E-state index contributed by atoms with van der Waals surface area (Å²) in [6.45, 7) is 3.14. The zero-order chi connectivity index (χ0) is 33.3. The number of hydrogen-bond donors (Lipinski definition) is 1. The van der Waals surface area contributed by atoms with E-state index in [1.54, 1.807) is 13.3 Å². The Bertz CT molecular complexity index is 1640. The Morgan fingerprint density at radius 1 is 0.957 bits per heavy atom. The zero-order valence-corrected chi connectivity index (χ0v) is 27.2. The fourth-order valence-electron chi connectivity index (χ4n) is 5.46. The molecule has 0 saturated heterocycles. The van der Waals surface area contributed by atoms with Gasteiger partial charge in [0.15, 0.2) is 6.86 Å². The molecule has 2 aromatic rings. The van der Waals surface area contributed by atoms with Crippen LogP contribution in [-0.2, 0) is 4.74 Å². The number of methoxy groups -OCH3 is 1. The number of aromatic nitrogens is 3. The van der Waals surface area contributed by atoms with Gasteiger partial charge in [-0.3, -0.25) is 13.8 Å². The van der Waals surface area contributed by atoms with Crippen molar-refractivity contribution in [1.82, 2.24) is 14.5 Å². The molecule has 1 aromatic heterocycles. The molecule has 246 valence electrons. The van der Waals surface area contributed by atoms with Crippen LogP contribution in [0.25, 0.3) is 28.1 Å². The van der Waals surface area contributed by atoms with Crippen molar-refractivity contribution >= 4 is 28.1 Å². The normalized spacial score (nSPS) is 16.2. The molecule has 1 aliphatic heterocycles. The Balaban J connectivity index is 0.000000908. The lowest BCUT2D eigenvalue weighted by Gasteiger charge is -2.22. The first-order valence-electron chi connectivity index (χ1n) is 15.5. The molecule has 10 heteroatoms. The molecule has 1 unspecified atom stereocenters. The summed E-state index contributed by atoms with van der Waals surface area (Å²) in [6, 6.07) is 16.2. The standard InChI is InChI=1S/C32H32FN5O2.C2H6.2CH3F/c1-39-32-26(15-9-17-34-32)37-27-19-29-31(20-28(27)35-22-10-3-2-4-11-22)38(30-16-8-7-14-25(30)36-29)23-12-5-6-13-24(18-23)40-21-33;3*1-2/h5-9,12-20,22,24,37H,2-4,10-11,21H2,1H3;1-2H3;2*1H3. The van der Waals surface area contributed by atoms with E-state index in [4.69, 9.17) is 19.5 Å². The van der Waals surface area contributed by atoms with Gasteiger partial charge in [0.05, 0.1) is 67.1 Å². The van der Waals surface area contributed by atoms with Gasteiger partial charge in [-0.25, -0.2) is 14.4 Å². The Morgan fingerprint density at radius 3 is 2.46 bits per heavy atom. The van der Waals surface area contributed by atoms with Crippen LogP contribution in [-0.4, -0.2) is 55.0 Å². The van der Waals surface area contributed by atoms with Crippen molar-refractivity contribution in [2.75, 3.05) is 33.6 Å². The Kier molecular flexibility index (Phi) is 15.0. The fraction of sp³-hybridized carbons (Fsp3) is 0.361. The quantitative estimate of drug-likeness (QED) is 0.205. The second-order valence-corrected chi connectivity index (χ2v) is 9.98. The molecule has 1 N–H and O–H groups in total. The van der Waals surface area contributed by atoms with E-state index in [1.165, 1.54) is 19.3 Å². The number of fused-ring (bicyclic) bond motifs is 2. The van der Waals surface area contributed by atoms with E-state index in [1.807, 2.05) is 86.7 Å². The van der Waals surface area contributed by atoms with E-state index in [-0.39, 0.29) is 6.04 Å². The smallest absolute Gasteiger partial charge is 0.237 e. The van der Waals surface area contributed by atoms with Crippen LogP contribution >= 0.6 is 0 Å². The predicted octanol–water partition coefficient (Wildman–Crippen LogP) is 9.00. The van der Waals surface area contributed by atoms with Gasteiger partial charge in [-0.05, 0) is 61.4 Å². The average molecular weight is 636 g/mol. The van der Waals surface area contributed by atoms with Gasteiger partial charge in [0.1, 0.15) is 5.69 Å². The number of pyridine rings is 1. The van der Waals surface area contributed by atoms with E-state index in [9.17, 15) is 13.2 Å². The van der Waals surface area contributed by atoms with Crippen LogP contribution in [0.5, 0.6) is 5.88 Å². The highest BCUT2D eigenvalue weighted by atomic mass is 19.1. The third kappa shape index (κ3) is 8.84. The second-order valence-electron chi connectivity index (χ2n) is 9.98. The van der Waals surface area contributed by atoms with E-state index < -0.39 is 13.0 Å². The number of hydrogen-bond acceptors (Lipinski definition) is 6. The largest absolute Gasteiger partial charge is 0.480 e. The highest BCUT2D eigenvalue weighted by Gasteiger charge is 2.20. The molecule has 0 radical (unpaired) electrons. The first-order valence-corrected chi connectivity index (χ1v) is 15.5. The highest BCUT2D eigenvalue weighted by Crippen LogP contribution is 2.33. The summed E-state index contributed by atoms with van der Waals surface area (Å²) < 4.78 is 45.1. The van der Waals surface area contributed by atoms with Gasteiger partial charge in [0.2, 0.25) is 5.88 Å². The number of rotatable bonds is 7. The van der Waals surface area contributed by atoms with Crippen molar-refractivity contribution in [3.8, 4) is 17.3 Å². The molecular formula is C36H44F3N5O2. The van der Waals surface area contributed by atoms with Gasteiger partial charge in [0.25, 0.3) is 0 Å². The van der Waals surface area contributed by atoms with Crippen LogP contribution in [0.1, 0.15) is 46.0 Å². The molecule has 1 saturated carbocycles. The van der Waals surface area contributed by atoms with Crippen LogP contribution in [0.4, 0.5) is 24.5 Å². The number of nitrogens with zero attached hydrogens (tertiary/aromatic N) is 4. The van der Waals surface area contributed by atoms with Crippen LogP contribution in [0.3, 0.4) is 0 Å². The van der Waals surface area contributed by atoms with E-state index in [0.29, 0.717) is 20.2 Å². The van der Waals surface area contributed by atoms with Crippen LogP contribution in [0.15, 0.2) is 90.1 Å². The molecule has 0 spiro atoms. The number of alkyl halides is 3. The van der Waals surface area contributed by atoms with Gasteiger partial charge < -0.3 is 19.4 Å². The molecule has 6 rings (SSSR count). The molecule has 4 aliphatic rings. The molecule has 7 nitrogen and oxygen atoms in total. The first-order chi connectivity index (χ1) is 22.7. The maximum atomic E-state index is 13.1. The molecule has 1 aromatic carbocycles. The molecule has 46 heavy (non-hydrogen) atoms. The van der Waals surface area contributed by atoms with Crippen molar-refractivity contribution in [3.63, 3.8) is 0 Å². The van der Waals surface area contributed by atoms with Crippen molar-refractivity contribution < 1.29 is 22.6 Å². The lowest BCUT2D eigenvalue weighted by atomic mass is 9.96. The van der Waals surface area contributed by atoms with Gasteiger partial charge in [-0.1, -0.05) is 63.5 Å². The van der Waals surface area contributed by atoms with E-state index in [0.717, 1.165) is 57.7 Å². The number of ether oxygens (including phenoxy) is 2. The number of para-hydroxylation sites is 2. The first kappa shape index (κ1) is 36.0. The predicted molar refractivity (Wildman–Crippen MR) is 182 cm³/mol. The summed E-state index contributed by atoms with van der Waals surface area (Å²) in [5.41, 5.74) is 5.92. The summed E-state index contributed by atoms with van der Waals surface area (Å²) in [7, 11) is 2.61. The number of allylic oxidation sites excluding steroid dienone is 4.